The number of hydrogen-bond acceptors (Lipinski definition) is 2. The van der Waals surface area contributed by atoms with E-state index in [0.717, 1.165) is 29.4 Å². The molecule has 0 aliphatic heterocycles. The zero-order valence-electron chi connectivity index (χ0n) is 12.1. The van der Waals surface area contributed by atoms with Crippen molar-refractivity contribution in [2.45, 2.75) is 31.8 Å². The number of carbonyl (C=O) groups is 1. The first-order chi connectivity index (χ1) is 10.1. The third-order valence-electron chi connectivity index (χ3n) is 4.23. The molecule has 3 rings (SSSR count). The highest BCUT2D eigenvalue weighted by Crippen LogP contribution is 2.39. The van der Waals surface area contributed by atoms with E-state index in [9.17, 15) is 9.90 Å². The molecule has 1 heterocycles. The van der Waals surface area contributed by atoms with Crippen LogP contribution in [0.1, 0.15) is 25.5 Å². The average Bonchev–Trinajstić information content (AvgIpc) is 3.25. The fourth-order valence-corrected chi connectivity index (χ4v) is 2.70. The van der Waals surface area contributed by atoms with Crippen LogP contribution in [0.25, 0.3) is 10.9 Å². The minimum Gasteiger partial charge on any atom is -0.394 e. The third kappa shape index (κ3) is 3.03. The number of hydrogen-bond donors (Lipinski definition) is 4. The predicted octanol–water partition coefficient (Wildman–Crippen LogP) is 2.13. The lowest BCUT2D eigenvalue weighted by atomic mass is 9.97. The van der Waals surface area contributed by atoms with Crippen molar-refractivity contribution in [3.05, 3.63) is 36.0 Å². The van der Waals surface area contributed by atoms with Gasteiger partial charge in [-0.25, -0.2) is 4.79 Å². The highest BCUT2D eigenvalue weighted by Gasteiger charge is 2.42. The number of fused-ring (bicyclic) bond motifs is 1. The van der Waals surface area contributed by atoms with Gasteiger partial charge in [-0.05, 0) is 43.2 Å². The molecule has 2 aromatic rings. The second kappa shape index (κ2) is 5.41. The zero-order chi connectivity index (χ0) is 14.9. The molecule has 1 aliphatic rings. The quantitative estimate of drug-likeness (QED) is 0.680. The Morgan fingerprint density at radius 2 is 2.19 bits per heavy atom. The lowest BCUT2D eigenvalue weighted by molar-refractivity contribution is 0.155. The lowest BCUT2D eigenvalue weighted by Crippen LogP contribution is -2.53. The summed E-state index contributed by atoms with van der Waals surface area (Å²) >= 11 is 0. The molecule has 0 saturated heterocycles. The molecule has 1 aliphatic carbocycles. The van der Waals surface area contributed by atoms with Gasteiger partial charge < -0.3 is 20.7 Å². The van der Waals surface area contributed by atoms with Crippen LogP contribution in [0.3, 0.4) is 0 Å². The normalized spacial score (nSPS) is 17.4. The molecular formula is C16H21N3O2. The maximum atomic E-state index is 12.0. The van der Waals surface area contributed by atoms with E-state index in [2.05, 4.69) is 15.6 Å². The molecule has 0 spiro atoms. The highest BCUT2D eigenvalue weighted by atomic mass is 16.3. The van der Waals surface area contributed by atoms with E-state index >= 15 is 0 Å². The molecule has 1 saturated carbocycles. The Bertz CT molecular complexity index is 615. The van der Waals surface area contributed by atoms with Crippen LogP contribution in [-0.4, -0.2) is 28.3 Å². The third-order valence-corrected chi connectivity index (χ3v) is 4.23. The molecule has 5 heteroatoms. The Kier molecular flexibility index (Phi) is 3.59. The number of amides is 2. The van der Waals surface area contributed by atoms with Crippen LogP contribution in [0.2, 0.25) is 0 Å². The molecule has 0 bridgehead atoms. The van der Waals surface area contributed by atoms with E-state index in [-0.39, 0.29) is 12.6 Å². The molecule has 5 nitrogen and oxygen atoms in total. The first-order valence-corrected chi connectivity index (χ1v) is 7.34. The van der Waals surface area contributed by atoms with Crippen LogP contribution in [0, 0.1) is 5.92 Å². The number of carbonyl (C=O) groups excluding carboxylic acids is 1. The van der Waals surface area contributed by atoms with E-state index in [0.29, 0.717) is 12.5 Å². The van der Waals surface area contributed by atoms with Gasteiger partial charge in [0, 0.05) is 11.2 Å². The van der Waals surface area contributed by atoms with Gasteiger partial charge in [-0.15, -0.1) is 0 Å². The SMILES string of the molecule is CC(CO)(NC(=O)NCc1cc2ccccc2[nH]1)C1CC1. The number of urea groups is 1. The van der Waals surface area contributed by atoms with Crippen molar-refractivity contribution in [2.24, 2.45) is 5.92 Å². The first kappa shape index (κ1) is 13.9. The topological polar surface area (TPSA) is 77.2 Å². The Morgan fingerprint density at radius 1 is 1.43 bits per heavy atom. The minimum absolute atomic E-state index is 0.0303. The number of H-pyrrole nitrogens is 1. The average molecular weight is 287 g/mol. The number of para-hydroxylation sites is 1. The van der Waals surface area contributed by atoms with E-state index in [1.807, 2.05) is 37.3 Å². The van der Waals surface area contributed by atoms with E-state index in [1.54, 1.807) is 0 Å². The molecule has 4 N–H and O–H groups in total. The number of aliphatic hydroxyl groups is 1. The largest absolute Gasteiger partial charge is 0.394 e. The summed E-state index contributed by atoms with van der Waals surface area (Å²) in [7, 11) is 0. The van der Waals surface area contributed by atoms with Gasteiger partial charge in [0.1, 0.15) is 0 Å². The smallest absolute Gasteiger partial charge is 0.315 e. The van der Waals surface area contributed by atoms with Gasteiger partial charge in [0.15, 0.2) is 0 Å². The molecule has 2 amide bonds. The van der Waals surface area contributed by atoms with Crippen LogP contribution in [0.15, 0.2) is 30.3 Å². The van der Waals surface area contributed by atoms with Crippen molar-refractivity contribution in [3.8, 4) is 0 Å². The highest BCUT2D eigenvalue weighted by molar-refractivity contribution is 5.80. The summed E-state index contributed by atoms with van der Waals surface area (Å²) < 4.78 is 0. The summed E-state index contributed by atoms with van der Waals surface area (Å²) in [6, 6.07) is 9.80. The van der Waals surface area contributed by atoms with Crippen LogP contribution >= 0.6 is 0 Å². The second-order valence-electron chi connectivity index (χ2n) is 6.04. The molecule has 1 fully saturated rings. The van der Waals surface area contributed by atoms with Gasteiger partial charge in [-0.1, -0.05) is 18.2 Å². The van der Waals surface area contributed by atoms with Crippen LogP contribution in [0.4, 0.5) is 4.79 Å². The molecule has 1 aromatic heterocycles. The molecule has 0 radical (unpaired) electrons. The van der Waals surface area contributed by atoms with Crippen LogP contribution in [-0.2, 0) is 6.54 Å². The molecule has 1 unspecified atom stereocenters. The predicted molar refractivity (Wildman–Crippen MR) is 81.9 cm³/mol. The number of nitrogens with one attached hydrogen (secondary N) is 3. The number of aromatic nitrogens is 1. The monoisotopic (exact) mass is 287 g/mol. The van der Waals surface area contributed by atoms with Crippen molar-refractivity contribution in [1.82, 2.24) is 15.6 Å². The van der Waals surface area contributed by atoms with Crippen molar-refractivity contribution in [1.29, 1.82) is 0 Å². The summed E-state index contributed by atoms with van der Waals surface area (Å²) in [5, 5.41) is 16.3. The molecular weight excluding hydrogens is 266 g/mol. The Balaban J connectivity index is 1.58. The minimum atomic E-state index is -0.509. The van der Waals surface area contributed by atoms with Gasteiger partial charge in [0.25, 0.3) is 0 Å². The maximum Gasteiger partial charge on any atom is 0.315 e. The summed E-state index contributed by atoms with van der Waals surface area (Å²) in [5.74, 6) is 0.390. The summed E-state index contributed by atoms with van der Waals surface area (Å²) in [5.41, 5.74) is 1.52. The Hall–Kier alpha value is -2.01. The van der Waals surface area contributed by atoms with Gasteiger partial charge in [-0.3, -0.25) is 0 Å². The van der Waals surface area contributed by atoms with E-state index < -0.39 is 5.54 Å². The Morgan fingerprint density at radius 3 is 2.86 bits per heavy atom. The van der Waals surface area contributed by atoms with Crippen molar-refractivity contribution in [2.75, 3.05) is 6.61 Å². The molecule has 1 atom stereocenters. The standard InChI is InChI=1S/C16H21N3O2/c1-16(10-20,12-6-7-12)19-15(21)17-9-13-8-11-4-2-3-5-14(11)18-13/h2-5,8,12,18,20H,6-7,9-10H2,1H3,(H2,17,19,21). The van der Waals surface area contributed by atoms with Gasteiger partial charge in [-0.2, -0.15) is 0 Å². The van der Waals surface area contributed by atoms with Gasteiger partial charge in [0.2, 0.25) is 0 Å². The van der Waals surface area contributed by atoms with Crippen LogP contribution < -0.4 is 10.6 Å². The summed E-state index contributed by atoms with van der Waals surface area (Å²) in [6.45, 7) is 2.30. The fraction of sp³-hybridized carbons (Fsp3) is 0.438. The zero-order valence-corrected chi connectivity index (χ0v) is 12.1. The van der Waals surface area contributed by atoms with Crippen molar-refractivity contribution < 1.29 is 9.90 Å². The number of benzene rings is 1. The van der Waals surface area contributed by atoms with Crippen molar-refractivity contribution >= 4 is 16.9 Å². The maximum absolute atomic E-state index is 12.0. The molecule has 112 valence electrons. The van der Waals surface area contributed by atoms with Gasteiger partial charge >= 0.3 is 6.03 Å². The van der Waals surface area contributed by atoms with Crippen molar-refractivity contribution in [3.63, 3.8) is 0 Å². The second-order valence-corrected chi connectivity index (χ2v) is 6.04. The fourth-order valence-electron chi connectivity index (χ4n) is 2.70. The van der Waals surface area contributed by atoms with E-state index in [1.165, 1.54) is 0 Å². The summed E-state index contributed by atoms with van der Waals surface area (Å²) in [4.78, 5) is 15.3. The van der Waals surface area contributed by atoms with Gasteiger partial charge in [0.05, 0.1) is 18.7 Å². The molecule has 21 heavy (non-hydrogen) atoms. The first-order valence-electron chi connectivity index (χ1n) is 7.34. The Labute approximate surface area is 123 Å². The van der Waals surface area contributed by atoms with E-state index in [4.69, 9.17) is 0 Å². The van der Waals surface area contributed by atoms with Crippen LogP contribution in [0.5, 0.6) is 0 Å². The number of rotatable bonds is 5. The number of aromatic amines is 1. The lowest BCUT2D eigenvalue weighted by Gasteiger charge is -2.28. The summed E-state index contributed by atoms with van der Waals surface area (Å²) in [6.07, 6.45) is 2.14. The molecule has 1 aromatic carbocycles. The number of aliphatic hydroxyl groups excluding tert-OH is 1.